The van der Waals surface area contributed by atoms with E-state index in [4.69, 9.17) is 34.9 Å². The molecule has 2 aromatic rings. The molecule has 270 valence electrons. The Balaban J connectivity index is 1.46. The minimum absolute atomic E-state index is 0.0752. The molecule has 0 spiro atoms. The second-order valence-corrected chi connectivity index (χ2v) is 16.7. The second-order valence-electron chi connectivity index (χ2n) is 11.7. The first-order chi connectivity index (χ1) is 22.6. The van der Waals surface area contributed by atoms with Crippen molar-refractivity contribution in [1.29, 1.82) is 0 Å². The minimum atomic E-state index is -4.73. The minimum Gasteiger partial charge on any atom is -0.432 e. The number of aromatic nitrogens is 3. The summed E-state index contributed by atoms with van der Waals surface area (Å²) in [6, 6.07) is 1.88. The van der Waals surface area contributed by atoms with Crippen molar-refractivity contribution in [3.8, 4) is 0 Å². The maximum Gasteiger partial charge on any atom is 0.510 e. The van der Waals surface area contributed by atoms with Crippen LogP contribution in [0.5, 0.6) is 0 Å². The van der Waals surface area contributed by atoms with Gasteiger partial charge < -0.3 is 43.8 Å². The van der Waals surface area contributed by atoms with Crippen LogP contribution in [0.1, 0.15) is 59.6 Å². The van der Waals surface area contributed by atoms with Gasteiger partial charge in [-0.05, 0) is 58.2 Å². The predicted octanol–water partition coefficient (Wildman–Crippen LogP) is 3.70. The molecule has 0 bridgehead atoms. The lowest BCUT2D eigenvalue weighted by Crippen LogP contribution is -2.36. The zero-order chi connectivity index (χ0) is 35.2. The van der Waals surface area contributed by atoms with E-state index in [1.807, 2.05) is 0 Å². The van der Waals surface area contributed by atoms with Gasteiger partial charge >= 0.3 is 19.9 Å². The fourth-order valence-electron chi connectivity index (χ4n) is 5.10. The van der Waals surface area contributed by atoms with Gasteiger partial charge in [0.15, 0.2) is 21.6 Å². The van der Waals surface area contributed by atoms with Crippen LogP contribution in [-0.4, -0.2) is 107 Å². The highest BCUT2D eigenvalue weighted by atomic mass is 35.5. The molecule has 3 N–H and O–H groups in total. The lowest BCUT2D eigenvalue weighted by atomic mass is 10.1. The monoisotopic (exact) mass is 742 g/mol. The third kappa shape index (κ3) is 10.4. The summed E-state index contributed by atoms with van der Waals surface area (Å²) in [5.41, 5.74) is -1.04. The number of anilines is 1. The van der Waals surface area contributed by atoms with E-state index in [0.717, 1.165) is 25.7 Å². The molecule has 48 heavy (non-hydrogen) atoms. The molecule has 2 aliphatic rings. The van der Waals surface area contributed by atoms with Crippen molar-refractivity contribution >= 4 is 58.2 Å². The molecule has 1 aliphatic heterocycles. The number of nitrogens with zero attached hydrogens (tertiary/aromatic N) is 3. The van der Waals surface area contributed by atoms with Crippen LogP contribution in [0, 0.1) is 0 Å². The summed E-state index contributed by atoms with van der Waals surface area (Å²) in [4.78, 5) is 32.0. The lowest BCUT2D eigenvalue weighted by Gasteiger charge is -2.20. The van der Waals surface area contributed by atoms with E-state index in [-0.39, 0.29) is 17.0 Å². The van der Waals surface area contributed by atoms with Gasteiger partial charge in [-0.2, -0.15) is 4.98 Å². The summed E-state index contributed by atoms with van der Waals surface area (Å²) < 4.78 is 76.1. The Morgan fingerprint density at radius 2 is 1.62 bits per heavy atom. The van der Waals surface area contributed by atoms with Gasteiger partial charge in [0, 0.05) is 12.2 Å². The van der Waals surface area contributed by atoms with E-state index in [1.165, 1.54) is 10.8 Å². The number of carbonyl (C=O) groups is 2. The molecule has 0 aromatic carbocycles. The fraction of sp³-hybridized carbons (Fsp3) is 0.704. The van der Waals surface area contributed by atoms with Crippen LogP contribution in [0.25, 0.3) is 11.0 Å². The molecule has 0 radical (unpaired) electrons. The van der Waals surface area contributed by atoms with Crippen LogP contribution in [0.15, 0.2) is 12.3 Å². The Labute approximate surface area is 281 Å². The zero-order valence-corrected chi connectivity index (χ0v) is 29.2. The number of hydrogen-bond donors (Lipinski definition) is 3. The summed E-state index contributed by atoms with van der Waals surface area (Å²) in [5.74, 6) is -0.463. The quantitative estimate of drug-likeness (QED) is 0.102. The maximum absolute atomic E-state index is 13.5. The highest BCUT2D eigenvalue weighted by molar-refractivity contribution is 7.97. The fourth-order valence-corrected chi connectivity index (χ4v) is 9.49. The van der Waals surface area contributed by atoms with Crippen molar-refractivity contribution in [2.24, 2.45) is 0 Å². The maximum atomic E-state index is 13.5. The molecule has 2 fully saturated rings. The molecule has 3 heterocycles. The molecule has 1 aliphatic carbocycles. The van der Waals surface area contributed by atoms with Crippen molar-refractivity contribution in [1.82, 2.24) is 14.5 Å². The van der Waals surface area contributed by atoms with Crippen LogP contribution in [0.3, 0.4) is 0 Å². The van der Waals surface area contributed by atoms with Crippen LogP contribution in [0.2, 0.25) is 5.28 Å². The number of carbonyl (C=O) groups excluding carboxylic acids is 2. The van der Waals surface area contributed by atoms with Crippen molar-refractivity contribution < 1.29 is 65.5 Å². The summed E-state index contributed by atoms with van der Waals surface area (Å²) in [6.45, 7) is 4.10. The van der Waals surface area contributed by atoms with Gasteiger partial charge in [-0.1, -0.05) is 12.8 Å². The molecule has 1 saturated heterocycles. The number of aliphatic hydroxyl groups is 2. The predicted molar refractivity (Wildman–Crippen MR) is 168 cm³/mol. The van der Waals surface area contributed by atoms with E-state index in [1.54, 1.807) is 33.8 Å². The van der Waals surface area contributed by atoms with Crippen molar-refractivity contribution in [2.45, 2.75) is 96.2 Å². The number of rotatable bonds is 15. The Kier molecular flexibility index (Phi) is 12.9. The van der Waals surface area contributed by atoms with E-state index < -0.39 is 91.3 Å². The zero-order valence-electron chi connectivity index (χ0n) is 26.7. The van der Waals surface area contributed by atoms with Crippen molar-refractivity contribution in [2.75, 3.05) is 30.1 Å². The highest BCUT2D eigenvalue weighted by Gasteiger charge is 2.47. The van der Waals surface area contributed by atoms with Gasteiger partial charge in [-0.3, -0.25) is 13.6 Å². The normalized spacial score (nSPS) is 22.0. The van der Waals surface area contributed by atoms with Gasteiger partial charge in [0.2, 0.25) is 18.9 Å². The molecule has 1 saturated carbocycles. The number of hydrogen-bond acceptors (Lipinski definition) is 17. The number of nitrogens with one attached hydrogen (secondary N) is 1. The first-order valence-corrected chi connectivity index (χ1v) is 19.1. The molecule has 4 atom stereocenters. The van der Waals surface area contributed by atoms with Gasteiger partial charge in [0.05, 0.1) is 23.3 Å². The first-order valence-electron chi connectivity index (χ1n) is 15.1. The van der Waals surface area contributed by atoms with Crippen LogP contribution >= 0.6 is 19.2 Å². The number of fused-ring (bicyclic) bond motifs is 1. The van der Waals surface area contributed by atoms with Crippen molar-refractivity contribution in [3.63, 3.8) is 0 Å². The summed E-state index contributed by atoms with van der Waals surface area (Å²) in [7, 11) is -9.23. The van der Waals surface area contributed by atoms with Gasteiger partial charge in [0.25, 0.3) is 0 Å². The molecule has 21 heteroatoms. The summed E-state index contributed by atoms with van der Waals surface area (Å²) in [6.07, 6.45) is -3.96. The van der Waals surface area contributed by atoms with Gasteiger partial charge in [-0.25, -0.2) is 23.0 Å². The molecular weight excluding hydrogens is 703 g/mol. The average molecular weight is 743 g/mol. The SMILES string of the molecule is CC(C)OC(=O)OCOP(=O)(CS(=O)(=O)C[C@H]1O[C@@H](n2ccc3c(NC4CCCC4)nc(Cl)nc32)[C@H](O)[C@@H]1O)OCOC(=O)OC(C)C. The summed E-state index contributed by atoms with van der Waals surface area (Å²) in [5, 5.41) is 25.6. The van der Waals surface area contributed by atoms with Crippen LogP contribution < -0.4 is 5.32 Å². The van der Waals surface area contributed by atoms with Crippen LogP contribution in [-0.2, 0) is 47.1 Å². The molecule has 0 amide bonds. The standard InChI is InChI=1S/C27H40ClN4O14PS/c1-15(2)44-26(35)40-12-42-47(37,43-13-41-27(36)45-16(3)4)14-48(38,39)11-19-20(33)21(34)24(46-19)32-10-9-18-22(29-17-7-5-6-8-17)30-25(28)31-23(18)32/h9-10,15-17,19-21,24,33-34H,5-8,11-14H2,1-4H3,(H,29,30,31)/t19-,20-,21-,24-/m1/s1. The first kappa shape index (κ1) is 38.0. The van der Waals surface area contributed by atoms with Gasteiger partial charge in [-0.15, -0.1) is 0 Å². The Morgan fingerprint density at radius 3 is 2.19 bits per heavy atom. The number of ether oxygens (including phenoxy) is 5. The van der Waals surface area contributed by atoms with E-state index in [0.29, 0.717) is 11.2 Å². The number of sulfone groups is 1. The Bertz CT molecular complexity index is 1550. The number of aliphatic hydroxyl groups excluding tert-OH is 2. The van der Waals surface area contributed by atoms with Crippen molar-refractivity contribution in [3.05, 3.63) is 17.5 Å². The van der Waals surface area contributed by atoms with E-state index >= 15 is 0 Å². The smallest absolute Gasteiger partial charge is 0.432 e. The molecule has 2 aromatic heterocycles. The largest absolute Gasteiger partial charge is 0.510 e. The molecule has 4 rings (SSSR count). The lowest BCUT2D eigenvalue weighted by molar-refractivity contribution is -0.0297. The average Bonchev–Trinajstić information content (AvgIpc) is 3.68. The molecule has 0 unspecified atom stereocenters. The van der Waals surface area contributed by atoms with E-state index in [9.17, 15) is 32.8 Å². The topological polar surface area (TPSA) is 233 Å². The third-order valence-corrected chi connectivity index (χ3v) is 12.0. The summed E-state index contributed by atoms with van der Waals surface area (Å²) >= 11 is 6.21. The highest BCUT2D eigenvalue weighted by Crippen LogP contribution is 2.50. The Hall–Kier alpha value is -2.77. The molecule has 18 nitrogen and oxygen atoms in total. The van der Waals surface area contributed by atoms with Crippen LogP contribution in [0.4, 0.5) is 15.4 Å². The molecular formula is C27H40ClN4O14PS. The second kappa shape index (κ2) is 16.3. The number of halogens is 1. The van der Waals surface area contributed by atoms with Gasteiger partial charge in [0.1, 0.15) is 29.8 Å². The Morgan fingerprint density at radius 1 is 1.04 bits per heavy atom. The van der Waals surface area contributed by atoms with E-state index in [2.05, 4.69) is 24.8 Å². The third-order valence-electron chi connectivity index (χ3n) is 7.14.